The van der Waals surface area contributed by atoms with Crippen molar-refractivity contribution in [3.8, 4) is 0 Å². The Labute approximate surface area is 128 Å². The average Bonchev–Trinajstić information content (AvgIpc) is 2.39. The number of aromatic nitrogens is 1. The van der Waals surface area contributed by atoms with Gasteiger partial charge in [-0.3, -0.25) is 4.98 Å². The molecular formula is C17H28N2O2. The van der Waals surface area contributed by atoms with Crippen LogP contribution < -0.4 is 0 Å². The van der Waals surface area contributed by atoms with Crippen molar-refractivity contribution >= 4 is 6.09 Å². The lowest BCUT2D eigenvalue weighted by Gasteiger charge is -2.36. The Morgan fingerprint density at radius 1 is 1.24 bits per heavy atom. The molecule has 0 saturated carbocycles. The number of nitrogens with zero attached hydrogens (tertiary/aromatic N) is 2. The Morgan fingerprint density at radius 2 is 1.86 bits per heavy atom. The lowest BCUT2D eigenvalue weighted by molar-refractivity contribution is -0.0250. The highest BCUT2D eigenvalue weighted by Gasteiger charge is 2.36. The molecule has 4 nitrogen and oxygen atoms in total. The molecule has 0 radical (unpaired) electrons. The maximum absolute atomic E-state index is 12.4. The monoisotopic (exact) mass is 292 g/mol. The van der Waals surface area contributed by atoms with Crippen molar-refractivity contribution in [3.05, 3.63) is 30.1 Å². The van der Waals surface area contributed by atoms with Gasteiger partial charge in [-0.05, 0) is 38.7 Å². The first-order valence-corrected chi connectivity index (χ1v) is 7.60. The Balaban J connectivity index is 3.06. The molecule has 0 fully saturated rings. The van der Waals surface area contributed by atoms with Gasteiger partial charge < -0.3 is 9.64 Å². The van der Waals surface area contributed by atoms with E-state index in [4.69, 9.17) is 4.74 Å². The minimum atomic E-state index is -0.674. The number of pyridine rings is 1. The van der Waals surface area contributed by atoms with Crippen LogP contribution in [0.15, 0.2) is 24.5 Å². The van der Waals surface area contributed by atoms with Gasteiger partial charge in [0.25, 0.3) is 0 Å². The van der Waals surface area contributed by atoms with Gasteiger partial charge in [0.15, 0.2) is 0 Å². The first-order valence-electron chi connectivity index (χ1n) is 7.60. The second kappa shape index (κ2) is 6.92. The molecule has 1 aromatic rings. The van der Waals surface area contributed by atoms with Crippen LogP contribution >= 0.6 is 0 Å². The normalized spacial score (nSPS) is 14.4. The fourth-order valence-corrected chi connectivity index (χ4v) is 2.62. The quantitative estimate of drug-likeness (QED) is 0.816. The summed E-state index contributed by atoms with van der Waals surface area (Å²) in [6.07, 6.45) is 3.98. The Kier molecular flexibility index (Phi) is 5.76. The van der Waals surface area contributed by atoms with Crippen molar-refractivity contribution in [1.82, 2.24) is 9.88 Å². The van der Waals surface area contributed by atoms with E-state index in [1.165, 1.54) is 0 Å². The van der Waals surface area contributed by atoms with E-state index in [0.717, 1.165) is 12.0 Å². The molecule has 1 aromatic heterocycles. The molecular weight excluding hydrogens is 264 g/mol. The predicted molar refractivity (Wildman–Crippen MR) is 85.1 cm³/mol. The van der Waals surface area contributed by atoms with Crippen LogP contribution in [0.25, 0.3) is 0 Å². The van der Waals surface area contributed by atoms with Crippen LogP contribution in [0.3, 0.4) is 0 Å². The van der Waals surface area contributed by atoms with Gasteiger partial charge in [0, 0.05) is 31.0 Å². The molecule has 0 N–H and O–H groups in total. The zero-order valence-electron chi connectivity index (χ0n) is 14.1. The van der Waals surface area contributed by atoms with Gasteiger partial charge in [0.05, 0.1) is 0 Å². The van der Waals surface area contributed by atoms with Crippen molar-refractivity contribution in [2.45, 2.75) is 53.6 Å². The van der Waals surface area contributed by atoms with Crippen LogP contribution in [0.1, 0.15) is 53.5 Å². The molecule has 1 amide bonds. The van der Waals surface area contributed by atoms with Crippen molar-refractivity contribution in [3.63, 3.8) is 0 Å². The second-order valence-corrected chi connectivity index (χ2v) is 6.75. The van der Waals surface area contributed by atoms with Gasteiger partial charge in [-0.25, -0.2) is 4.79 Å². The number of ether oxygens (including phenoxy) is 1. The highest BCUT2D eigenvalue weighted by Crippen LogP contribution is 2.37. The fourth-order valence-electron chi connectivity index (χ4n) is 2.62. The predicted octanol–water partition coefficient (Wildman–Crippen LogP) is 4.21. The zero-order valence-corrected chi connectivity index (χ0v) is 14.1. The highest BCUT2D eigenvalue weighted by molar-refractivity contribution is 5.68. The van der Waals surface area contributed by atoms with E-state index in [1.807, 2.05) is 32.9 Å². The molecule has 1 unspecified atom stereocenters. The summed E-state index contributed by atoms with van der Waals surface area (Å²) in [5.74, 6) is 0. The number of rotatable bonds is 5. The molecule has 1 heterocycles. The molecule has 0 bridgehead atoms. The third-order valence-electron chi connectivity index (χ3n) is 3.47. The molecule has 0 aromatic carbocycles. The zero-order chi connectivity index (χ0) is 16.1. The summed E-state index contributed by atoms with van der Waals surface area (Å²) in [7, 11) is 0. The Hall–Kier alpha value is -1.58. The first kappa shape index (κ1) is 17.5. The summed E-state index contributed by atoms with van der Waals surface area (Å²) in [5, 5.41) is 0. The molecule has 0 saturated heterocycles. The summed E-state index contributed by atoms with van der Waals surface area (Å²) in [4.78, 5) is 18.2. The van der Waals surface area contributed by atoms with E-state index in [2.05, 4.69) is 25.8 Å². The van der Waals surface area contributed by atoms with Crippen LogP contribution in [0.5, 0.6) is 0 Å². The summed E-state index contributed by atoms with van der Waals surface area (Å²) in [6, 6.07) is 3.84. The summed E-state index contributed by atoms with van der Waals surface area (Å²) in [5.41, 5.74) is 0.292. The third kappa shape index (κ3) is 5.03. The SMILES string of the molecule is CCN(CC)C(=O)OC(C)(CC(C)(C)C)c1cccnc1. The smallest absolute Gasteiger partial charge is 0.410 e. The molecule has 0 spiro atoms. The van der Waals surface area contributed by atoms with Gasteiger partial charge in [0.1, 0.15) is 5.60 Å². The van der Waals surface area contributed by atoms with Crippen molar-refractivity contribution in [2.75, 3.05) is 13.1 Å². The maximum atomic E-state index is 12.4. The van der Waals surface area contributed by atoms with Crippen LogP contribution in [0, 0.1) is 5.41 Å². The van der Waals surface area contributed by atoms with Crippen LogP contribution in [-0.2, 0) is 10.3 Å². The summed E-state index contributed by atoms with van der Waals surface area (Å²) in [6.45, 7) is 13.6. The van der Waals surface area contributed by atoms with Gasteiger partial charge in [-0.2, -0.15) is 0 Å². The number of hydrogen-bond donors (Lipinski definition) is 0. The molecule has 0 aliphatic carbocycles. The largest absolute Gasteiger partial charge is 0.438 e. The molecule has 118 valence electrons. The molecule has 0 aliphatic heterocycles. The standard InChI is InChI=1S/C17H28N2O2/c1-7-19(8-2)15(20)21-17(6,13-16(3,4)5)14-10-9-11-18-12-14/h9-12H,7-8,13H2,1-6H3. The summed E-state index contributed by atoms with van der Waals surface area (Å²) >= 11 is 0. The Bertz CT molecular complexity index is 450. The van der Waals surface area contributed by atoms with Crippen LogP contribution in [0.4, 0.5) is 4.79 Å². The first-order chi connectivity index (χ1) is 9.72. The number of amides is 1. The number of carbonyl (C=O) groups excluding carboxylic acids is 1. The van der Waals surface area contributed by atoms with Crippen LogP contribution in [0.2, 0.25) is 0 Å². The molecule has 0 aliphatic rings. The van der Waals surface area contributed by atoms with E-state index in [-0.39, 0.29) is 11.5 Å². The lowest BCUT2D eigenvalue weighted by Crippen LogP contribution is -2.40. The fraction of sp³-hybridized carbons (Fsp3) is 0.647. The van der Waals surface area contributed by atoms with Gasteiger partial charge >= 0.3 is 6.09 Å². The number of hydrogen-bond acceptors (Lipinski definition) is 3. The van der Waals surface area contributed by atoms with Gasteiger partial charge in [-0.15, -0.1) is 0 Å². The van der Waals surface area contributed by atoms with Gasteiger partial charge in [0.2, 0.25) is 0 Å². The van der Waals surface area contributed by atoms with Gasteiger partial charge in [-0.1, -0.05) is 26.8 Å². The minimum Gasteiger partial charge on any atom is -0.438 e. The van der Waals surface area contributed by atoms with E-state index in [9.17, 15) is 4.79 Å². The average molecular weight is 292 g/mol. The molecule has 1 rings (SSSR count). The topological polar surface area (TPSA) is 42.4 Å². The minimum absolute atomic E-state index is 0.0358. The molecule has 1 atom stereocenters. The van der Waals surface area contributed by atoms with E-state index < -0.39 is 5.60 Å². The number of carbonyl (C=O) groups is 1. The van der Waals surface area contributed by atoms with E-state index in [0.29, 0.717) is 13.1 Å². The summed E-state index contributed by atoms with van der Waals surface area (Å²) < 4.78 is 5.89. The van der Waals surface area contributed by atoms with E-state index >= 15 is 0 Å². The van der Waals surface area contributed by atoms with Crippen molar-refractivity contribution in [2.24, 2.45) is 5.41 Å². The highest BCUT2D eigenvalue weighted by atomic mass is 16.6. The second-order valence-electron chi connectivity index (χ2n) is 6.75. The maximum Gasteiger partial charge on any atom is 0.410 e. The van der Waals surface area contributed by atoms with Crippen molar-refractivity contribution in [1.29, 1.82) is 0 Å². The molecule has 21 heavy (non-hydrogen) atoms. The molecule has 4 heteroatoms. The third-order valence-corrected chi connectivity index (χ3v) is 3.47. The van der Waals surface area contributed by atoms with E-state index in [1.54, 1.807) is 17.3 Å². The van der Waals surface area contributed by atoms with Crippen molar-refractivity contribution < 1.29 is 9.53 Å². The lowest BCUT2D eigenvalue weighted by atomic mass is 9.79. The Morgan fingerprint density at radius 3 is 2.29 bits per heavy atom. The van der Waals surface area contributed by atoms with Crippen LogP contribution in [-0.4, -0.2) is 29.1 Å².